The van der Waals surface area contributed by atoms with Crippen LogP contribution in [0.3, 0.4) is 0 Å². The van der Waals surface area contributed by atoms with Gasteiger partial charge >= 0.3 is 4.87 Å². The number of aromatic nitrogens is 1. The van der Waals surface area contributed by atoms with Crippen LogP contribution in [0.25, 0.3) is 0 Å². The van der Waals surface area contributed by atoms with Crippen molar-refractivity contribution in [1.82, 2.24) is 4.98 Å². The number of carbonyl (C=O) groups is 2. The molecule has 1 saturated heterocycles. The van der Waals surface area contributed by atoms with Gasteiger partial charge in [-0.2, -0.15) is 0 Å². The van der Waals surface area contributed by atoms with Crippen molar-refractivity contribution in [3.8, 4) is 11.5 Å². The molecule has 6 nitrogen and oxygen atoms in total. The molecule has 5 unspecified atom stereocenters. The second kappa shape index (κ2) is 8.94. The number of hydrogen-bond acceptors (Lipinski definition) is 6. The van der Waals surface area contributed by atoms with Crippen molar-refractivity contribution in [1.29, 1.82) is 0 Å². The Morgan fingerprint density at radius 1 is 0.850 bits per heavy atom. The van der Waals surface area contributed by atoms with Gasteiger partial charge in [-0.25, -0.2) is 0 Å². The molecule has 8 rings (SSSR count). The molecule has 2 amide bonds. The number of thioether (sulfide) groups is 1. The van der Waals surface area contributed by atoms with E-state index in [4.69, 9.17) is 4.74 Å². The standard InChI is InChI=1S/C32H26N2O4S2/c1-16-10-12-18(13-11-16)34-30(35)25-21-15-22(26(25)31(34)36)27-24(21)23(28-29(39-27)33-32(37)40-28)17-6-5-9-20(14-17)38-19-7-3-2-4-8-19/h2-14,21-27H,15H2,1H3,(H,33,37)/t21-,22-,23?,24?,25?,26?,27?/m1/s1. The minimum atomic E-state index is -0.316. The minimum absolute atomic E-state index is 0.0446. The van der Waals surface area contributed by atoms with Crippen molar-refractivity contribution in [2.24, 2.45) is 29.6 Å². The fourth-order valence-corrected chi connectivity index (χ4v) is 10.6. The van der Waals surface area contributed by atoms with Crippen LogP contribution in [0.4, 0.5) is 5.69 Å². The van der Waals surface area contributed by atoms with Crippen LogP contribution in [-0.2, 0) is 9.59 Å². The molecule has 2 aliphatic heterocycles. The number of fused-ring (bicyclic) bond motifs is 9. The number of thiazole rings is 1. The third kappa shape index (κ3) is 3.52. The number of nitrogens with zero attached hydrogens (tertiary/aromatic N) is 1. The number of hydrogen-bond donors (Lipinski definition) is 1. The SMILES string of the molecule is Cc1ccc(N2C(=O)C3C(C2=O)[C@@H]2C[C@H]3C3Sc4[nH]c(=O)sc4C(c4cccc(Oc5ccccc5)c4)C32)cc1. The molecule has 2 aliphatic carbocycles. The zero-order chi connectivity index (χ0) is 27.1. The van der Waals surface area contributed by atoms with Gasteiger partial charge in [0.1, 0.15) is 11.5 Å². The molecular formula is C32H26N2O4S2. The largest absolute Gasteiger partial charge is 0.457 e. The predicted molar refractivity (Wildman–Crippen MR) is 155 cm³/mol. The summed E-state index contributed by atoms with van der Waals surface area (Å²) in [5, 5.41) is 1.06. The Hall–Kier alpha value is -3.62. The summed E-state index contributed by atoms with van der Waals surface area (Å²) in [5.41, 5.74) is 2.83. The minimum Gasteiger partial charge on any atom is -0.457 e. The maximum absolute atomic E-state index is 13.9. The van der Waals surface area contributed by atoms with E-state index in [1.165, 1.54) is 16.2 Å². The molecule has 3 fully saturated rings. The fraction of sp³-hybridized carbons (Fsp3) is 0.281. The van der Waals surface area contributed by atoms with Crippen LogP contribution in [-0.4, -0.2) is 22.0 Å². The summed E-state index contributed by atoms with van der Waals surface area (Å²) in [7, 11) is 0. The summed E-state index contributed by atoms with van der Waals surface area (Å²) in [6.07, 6.45) is 0.868. The zero-order valence-electron chi connectivity index (χ0n) is 21.7. The third-order valence-electron chi connectivity index (χ3n) is 9.21. The molecule has 3 aromatic carbocycles. The van der Waals surface area contributed by atoms with Crippen LogP contribution < -0.4 is 14.5 Å². The van der Waals surface area contributed by atoms with E-state index >= 15 is 0 Å². The monoisotopic (exact) mass is 566 g/mol. The molecule has 0 radical (unpaired) electrons. The van der Waals surface area contributed by atoms with E-state index in [9.17, 15) is 14.4 Å². The molecule has 2 saturated carbocycles. The molecule has 4 aromatic rings. The van der Waals surface area contributed by atoms with Crippen molar-refractivity contribution in [3.63, 3.8) is 0 Å². The number of carbonyl (C=O) groups excluding carboxylic acids is 2. The van der Waals surface area contributed by atoms with E-state index < -0.39 is 0 Å². The highest BCUT2D eigenvalue weighted by Gasteiger charge is 2.69. The first-order valence-electron chi connectivity index (χ1n) is 13.6. The second-order valence-corrected chi connectivity index (χ2v) is 13.5. The predicted octanol–water partition coefficient (Wildman–Crippen LogP) is 6.22. The van der Waals surface area contributed by atoms with E-state index in [1.807, 2.05) is 73.7 Å². The number of H-pyrrole nitrogens is 1. The van der Waals surface area contributed by atoms with Gasteiger partial charge in [0.25, 0.3) is 0 Å². The van der Waals surface area contributed by atoms with Gasteiger partial charge in [0.05, 0.1) is 22.5 Å². The van der Waals surface area contributed by atoms with Crippen LogP contribution in [0.15, 0.2) is 88.7 Å². The maximum atomic E-state index is 13.9. The number of imide groups is 1. The molecule has 3 heterocycles. The Labute approximate surface area is 239 Å². The van der Waals surface area contributed by atoms with E-state index in [0.29, 0.717) is 5.69 Å². The summed E-state index contributed by atoms with van der Waals surface area (Å²) < 4.78 is 6.17. The smallest absolute Gasteiger partial charge is 0.305 e. The van der Waals surface area contributed by atoms with Gasteiger partial charge in [0.2, 0.25) is 11.8 Å². The Balaban J connectivity index is 1.19. The van der Waals surface area contributed by atoms with E-state index in [1.54, 1.807) is 11.8 Å². The summed E-state index contributed by atoms with van der Waals surface area (Å²) in [6, 6.07) is 25.5. The van der Waals surface area contributed by atoms with Gasteiger partial charge < -0.3 is 9.72 Å². The van der Waals surface area contributed by atoms with Gasteiger partial charge in [-0.3, -0.25) is 19.3 Å². The van der Waals surface area contributed by atoms with Crippen molar-refractivity contribution < 1.29 is 14.3 Å². The van der Waals surface area contributed by atoms with Gasteiger partial charge in [-0.05, 0) is 73.1 Å². The number of para-hydroxylation sites is 1. The molecule has 4 aliphatic rings. The lowest BCUT2D eigenvalue weighted by atomic mass is 9.68. The van der Waals surface area contributed by atoms with Gasteiger partial charge in [0, 0.05) is 16.0 Å². The zero-order valence-corrected chi connectivity index (χ0v) is 23.3. The molecule has 40 heavy (non-hydrogen) atoms. The summed E-state index contributed by atoms with van der Waals surface area (Å²) in [4.78, 5) is 45.8. The summed E-state index contributed by atoms with van der Waals surface area (Å²) in [5.74, 6) is 1.03. The average molecular weight is 567 g/mol. The van der Waals surface area contributed by atoms with Crippen LogP contribution in [0, 0.1) is 36.5 Å². The van der Waals surface area contributed by atoms with Gasteiger partial charge in [0.15, 0.2) is 0 Å². The van der Waals surface area contributed by atoms with Crippen molar-refractivity contribution in [2.45, 2.75) is 29.5 Å². The molecule has 1 aromatic heterocycles. The Morgan fingerprint density at radius 3 is 2.35 bits per heavy atom. The lowest BCUT2D eigenvalue weighted by Crippen LogP contribution is -2.42. The molecule has 7 atom stereocenters. The first kappa shape index (κ1) is 24.2. The lowest BCUT2D eigenvalue weighted by Gasteiger charge is -2.43. The number of nitrogens with one attached hydrogen (secondary N) is 1. The van der Waals surface area contributed by atoms with Gasteiger partial charge in [-0.15, -0.1) is 11.8 Å². The molecule has 1 N–H and O–H groups in total. The maximum Gasteiger partial charge on any atom is 0.305 e. The molecule has 8 heteroatoms. The Morgan fingerprint density at radius 2 is 1.57 bits per heavy atom. The third-order valence-corrected chi connectivity index (χ3v) is 11.8. The number of ether oxygens (including phenoxy) is 1. The Kier molecular flexibility index (Phi) is 5.41. The topological polar surface area (TPSA) is 79.5 Å². The highest BCUT2D eigenvalue weighted by Crippen LogP contribution is 2.68. The Bertz CT molecular complexity index is 1710. The van der Waals surface area contributed by atoms with E-state index in [0.717, 1.165) is 38.9 Å². The quantitative estimate of drug-likeness (QED) is 0.297. The van der Waals surface area contributed by atoms with Crippen LogP contribution in [0.5, 0.6) is 11.5 Å². The first-order chi connectivity index (χ1) is 19.5. The lowest BCUT2D eigenvalue weighted by molar-refractivity contribution is -0.123. The number of aromatic amines is 1. The van der Waals surface area contributed by atoms with E-state index in [2.05, 4.69) is 17.1 Å². The van der Waals surface area contributed by atoms with Crippen molar-refractivity contribution in [2.75, 3.05) is 4.90 Å². The number of rotatable bonds is 4. The van der Waals surface area contributed by atoms with Crippen molar-refractivity contribution in [3.05, 3.63) is 105 Å². The average Bonchev–Trinajstić information content (AvgIpc) is 3.69. The first-order valence-corrected chi connectivity index (χ1v) is 15.3. The molecule has 0 spiro atoms. The summed E-state index contributed by atoms with van der Waals surface area (Å²) >= 11 is 2.98. The molecule has 2 bridgehead atoms. The number of anilines is 1. The highest BCUT2D eigenvalue weighted by molar-refractivity contribution is 8.00. The highest BCUT2D eigenvalue weighted by atomic mass is 32.2. The van der Waals surface area contributed by atoms with Crippen molar-refractivity contribution >= 4 is 40.6 Å². The van der Waals surface area contributed by atoms with Crippen LogP contribution in [0.1, 0.15) is 28.3 Å². The fourth-order valence-electron chi connectivity index (χ4n) is 7.73. The van der Waals surface area contributed by atoms with Crippen LogP contribution >= 0.6 is 23.1 Å². The number of amides is 2. The van der Waals surface area contributed by atoms with Crippen LogP contribution in [0.2, 0.25) is 0 Å². The van der Waals surface area contributed by atoms with E-state index in [-0.39, 0.29) is 57.4 Å². The molecular weight excluding hydrogens is 540 g/mol. The second-order valence-electron chi connectivity index (χ2n) is 11.3. The number of aryl methyl sites for hydroxylation is 1. The normalized spacial score (nSPS) is 29.8. The number of benzene rings is 3. The molecule has 200 valence electrons. The summed E-state index contributed by atoms with van der Waals surface area (Å²) in [6.45, 7) is 2.00. The van der Waals surface area contributed by atoms with Gasteiger partial charge in [-0.1, -0.05) is 59.4 Å².